The number of ether oxygens (including phenoxy) is 1. The first-order chi connectivity index (χ1) is 9.60. The van der Waals surface area contributed by atoms with Gasteiger partial charge in [0.25, 0.3) is 0 Å². The molecule has 2 atom stereocenters. The van der Waals surface area contributed by atoms with Crippen molar-refractivity contribution in [2.75, 3.05) is 47.4 Å². The Balaban J connectivity index is 1.85. The molecule has 0 spiro atoms. The van der Waals surface area contributed by atoms with Gasteiger partial charge >= 0.3 is 0 Å². The van der Waals surface area contributed by atoms with Crippen molar-refractivity contribution in [3.8, 4) is 5.75 Å². The lowest BCUT2D eigenvalue weighted by molar-refractivity contribution is 0.112. The van der Waals surface area contributed by atoms with Crippen LogP contribution in [0.25, 0.3) is 0 Å². The predicted molar refractivity (Wildman–Crippen MR) is 83.3 cm³/mol. The number of hydrogen-bond acceptors (Lipinski definition) is 4. The van der Waals surface area contributed by atoms with Crippen LogP contribution in [0.1, 0.15) is 18.5 Å². The molecule has 0 saturated carbocycles. The Kier molecular flexibility index (Phi) is 5.40. The molecule has 20 heavy (non-hydrogen) atoms. The molecule has 0 amide bonds. The van der Waals surface area contributed by atoms with E-state index in [-0.39, 0.29) is 0 Å². The van der Waals surface area contributed by atoms with E-state index in [4.69, 9.17) is 4.74 Å². The largest absolute Gasteiger partial charge is 0.497 e. The fraction of sp³-hybridized carbons (Fsp3) is 0.625. The van der Waals surface area contributed by atoms with Crippen LogP contribution in [-0.4, -0.2) is 63.2 Å². The van der Waals surface area contributed by atoms with Crippen molar-refractivity contribution in [2.45, 2.75) is 19.0 Å². The molecule has 1 fully saturated rings. The predicted octanol–water partition coefficient (Wildman–Crippen LogP) is 1.59. The molecular formula is C16H27N3O. The second kappa shape index (κ2) is 7.07. The second-order valence-electron chi connectivity index (χ2n) is 5.80. The molecule has 1 aromatic carbocycles. The SMILES string of the molecule is COc1ccc(C(C)NCC2CN(C)CCN2C)cc1. The lowest BCUT2D eigenvalue weighted by atomic mass is 10.1. The van der Waals surface area contributed by atoms with Gasteiger partial charge in [0.1, 0.15) is 5.75 Å². The number of methoxy groups -OCH3 is 1. The third-order valence-electron chi connectivity index (χ3n) is 4.26. The van der Waals surface area contributed by atoms with Crippen LogP contribution in [-0.2, 0) is 0 Å². The van der Waals surface area contributed by atoms with Gasteiger partial charge in [0, 0.05) is 38.3 Å². The number of piperazine rings is 1. The lowest BCUT2D eigenvalue weighted by Gasteiger charge is -2.38. The van der Waals surface area contributed by atoms with Crippen LogP contribution in [0, 0.1) is 0 Å². The van der Waals surface area contributed by atoms with Crippen molar-refractivity contribution < 1.29 is 4.74 Å². The molecule has 112 valence electrons. The molecule has 0 aliphatic carbocycles. The molecule has 4 nitrogen and oxygen atoms in total. The van der Waals surface area contributed by atoms with Crippen LogP contribution in [0.5, 0.6) is 5.75 Å². The minimum absolute atomic E-state index is 0.363. The Morgan fingerprint density at radius 1 is 1.25 bits per heavy atom. The topological polar surface area (TPSA) is 27.7 Å². The molecule has 1 saturated heterocycles. The number of nitrogens with zero attached hydrogens (tertiary/aromatic N) is 2. The van der Waals surface area contributed by atoms with Crippen molar-refractivity contribution >= 4 is 0 Å². The van der Waals surface area contributed by atoms with E-state index in [9.17, 15) is 0 Å². The third-order valence-corrected chi connectivity index (χ3v) is 4.26. The summed E-state index contributed by atoms with van der Waals surface area (Å²) >= 11 is 0. The fourth-order valence-electron chi connectivity index (χ4n) is 2.65. The normalized spacial score (nSPS) is 22.7. The fourth-order valence-corrected chi connectivity index (χ4v) is 2.65. The van der Waals surface area contributed by atoms with Gasteiger partial charge in [-0.1, -0.05) is 12.1 Å². The Labute approximate surface area is 122 Å². The molecule has 4 heteroatoms. The van der Waals surface area contributed by atoms with Gasteiger partial charge in [0.05, 0.1) is 7.11 Å². The van der Waals surface area contributed by atoms with E-state index in [0.29, 0.717) is 12.1 Å². The molecule has 1 aromatic rings. The van der Waals surface area contributed by atoms with E-state index >= 15 is 0 Å². The molecule has 0 bridgehead atoms. The average molecular weight is 277 g/mol. The summed E-state index contributed by atoms with van der Waals surface area (Å²) in [6.07, 6.45) is 0. The molecule has 1 N–H and O–H groups in total. The minimum atomic E-state index is 0.363. The zero-order valence-electron chi connectivity index (χ0n) is 13.1. The highest BCUT2D eigenvalue weighted by molar-refractivity contribution is 5.28. The van der Waals surface area contributed by atoms with Crippen LogP contribution in [0.4, 0.5) is 0 Å². The Bertz CT molecular complexity index is 407. The number of rotatable bonds is 5. The molecule has 2 rings (SSSR count). The van der Waals surface area contributed by atoms with Gasteiger partial charge in [-0.05, 0) is 38.7 Å². The van der Waals surface area contributed by atoms with Gasteiger partial charge in [-0.3, -0.25) is 4.90 Å². The highest BCUT2D eigenvalue weighted by atomic mass is 16.5. The Morgan fingerprint density at radius 2 is 1.95 bits per heavy atom. The van der Waals surface area contributed by atoms with E-state index in [1.54, 1.807) is 7.11 Å². The van der Waals surface area contributed by atoms with Crippen LogP contribution >= 0.6 is 0 Å². The van der Waals surface area contributed by atoms with Crippen LogP contribution < -0.4 is 10.1 Å². The van der Waals surface area contributed by atoms with Gasteiger partial charge < -0.3 is 15.0 Å². The minimum Gasteiger partial charge on any atom is -0.497 e. The zero-order chi connectivity index (χ0) is 14.5. The molecule has 2 unspecified atom stereocenters. The lowest BCUT2D eigenvalue weighted by Crippen LogP contribution is -2.53. The first-order valence-electron chi connectivity index (χ1n) is 7.36. The quantitative estimate of drug-likeness (QED) is 0.884. The van der Waals surface area contributed by atoms with Crippen molar-refractivity contribution in [1.82, 2.24) is 15.1 Å². The first-order valence-corrected chi connectivity index (χ1v) is 7.36. The van der Waals surface area contributed by atoms with E-state index in [1.807, 2.05) is 12.1 Å². The summed E-state index contributed by atoms with van der Waals surface area (Å²) in [4.78, 5) is 4.86. The highest BCUT2D eigenvalue weighted by Crippen LogP contribution is 2.17. The smallest absolute Gasteiger partial charge is 0.118 e. The van der Waals surface area contributed by atoms with E-state index in [1.165, 1.54) is 12.1 Å². The second-order valence-corrected chi connectivity index (χ2v) is 5.80. The molecular weight excluding hydrogens is 250 g/mol. The van der Waals surface area contributed by atoms with Crippen molar-refractivity contribution in [2.24, 2.45) is 0 Å². The molecule has 1 heterocycles. The summed E-state index contributed by atoms with van der Waals surface area (Å²) < 4.78 is 5.20. The summed E-state index contributed by atoms with van der Waals surface area (Å²) in [5.41, 5.74) is 1.30. The van der Waals surface area contributed by atoms with E-state index in [2.05, 4.69) is 48.3 Å². The van der Waals surface area contributed by atoms with Crippen molar-refractivity contribution in [3.05, 3.63) is 29.8 Å². The maximum Gasteiger partial charge on any atom is 0.118 e. The zero-order valence-corrected chi connectivity index (χ0v) is 13.1. The number of hydrogen-bond donors (Lipinski definition) is 1. The van der Waals surface area contributed by atoms with Crippen LogP contribution in [0.15, 0.2) is 24.3 Å². The molecule has 1 aliphatic rings. The number of likely N-dealkylation sites (N-methyl/N-ethyl adjacent to an activating group) is 2. The van der Waals surface area contributed by atoms with Crippen LogP contribution in [0.3, 0.4) is 0 Å². The standard InChI is InChI=1S/C16H27N3O/c1-13(14-5-7-16(20-4)8-6-14)17-11-15-12-18(2)9-10-19(15)3/h5-8,13,15,17H,9-12H2,1-4H3. The highest BCUT2D eigenvalue weighted by Gasteiger charge is 2.22. The summed E-state index contributed by atoms with van der Waals surface area (Å²) in [5, 5.41) is 3.65. The Morgan fingerprint density at radius 3 is 2.60 bits per heavy atom. The molecule has 0 aromatic heterocycles. The van der Waals surface area contributed by atoms with E-state index in [0.717, 1.165) is 25.4 Å². The van der Waals surface area contributed by atoms with Gasteiger partial charge in [-0.15, -0.1) is 0 Å². The maximum atomic E-state index is 5.20. The molecule has 0 radical (unpaired) electrons. The monoisotopic (exact) mass is 277 g/mol. The van der Waals surface area contributed by atoms with E-state index < -0.39 is 0 Å². The maximum absolute atomic E-state index is 5.20. The summed E-state index contributed by atoms with van der Waals surface area (Å²) in [6.45, 7) is 6.70. The van der Waals surface area contributed by atoms with Crippen LogP contribution in [0.2, 0.25) is 0 Å². The average Bonchev–Trinajstić information content (AvgIpc) is 2.48. The molecule has 1 aliphatic heterocycles. The van der Waals surface area contributed by atoms with Gasteiger partial charge in [0.2, 0.25) is 0 Å². The number of nitrogens with one attached hydrogen (secondary N) is 1. The van der Waals surface area contributed by atoms with Gasteiger partial charge in [-0.25, -0.2) is 0 Å². The summed E-state index contributed by atoms with van der Waals surface area (Å²) in [7, 11) is 6.12. The Hall–Kier alpha value is -1.10. The van der Waals surface area contributed by atoms with Gasteiger partial charge in [0.15, 0.2) is 0 Å². The summed E-state index contributed by atoms with van der Waals surface area (Å²) in [5.74, 6) is 0.912. The third kappa shape index (κ3) is 3.95. The van der Waals surface area contributed by atoms with Crippen molar-refractivity contribution in [1.29, 1.82) is 0 Å². The summed E-state index contributed by atoms with van der Waals surface area (Å²) in [6, 6.07) is 9.26. The first kappa shape index (κ1) is 15.3. The van der Waals surface area contributed by atoms with Gasteiger partial charge in [-0.2, -0.15) is 0 Å². The van der Waals surface area contributed by atoms with Crippen molar-refractivity contribution in [3.63, 3.8) is 0 Å². The number of benzene rings is 1.